The molecule has 9 aromatic rings. The molecule has 2 unspecified atom stereocenters. The second-order valence-electron chi connectivity index (χ2n) is 16.4. The molecule has 11 rings (SSSR count). The van der Waals surface area contributed by atoms with Gasteiger partial charge in [0, 0.05) is 33.9 Å². The zero-order valence-electron chi connectivity index (χ0n) is 38.0. The van der Waals surface area contributed by atoms with Crippen LogP contribution in [0.15, 0.2) is 124 Å². The van der Waals surface area contributed by atoms with Crippen molar-refractivity contribution < 1.29 is 63.3 Å². The largest absolute Gasteiger partial charge is 0.466 e. The van der Waals surface area contributed by atoms with E-state index < -0.39 is 5.92 Å². The molecule has 4 heterocycles. The monoisotopic (exact) mass is 1110 g/mol. The number of hydrogen-bond acceptors (Lipinski definition) is 12. The second-order valence-corrected chi connectivity index (χ2v) is 16.4. The number of carbonyl (C=O) groups excluding carboxylic acids is 5. The van der Waals surface area contributed by atoms with Gasteiger partial charge in [-0.25, -0.2) is 0 Å². The van der Waals surface area contributed by atoms with Crippen LogP contribution >= 0.6 is 0 Å². The first kappa shape index (κ1) is 51.8. The number of piperidine rings is 1. The summed E-state index contributed by atoms with van der Waals surface area (Å²) in [6.07, 6.45) is 7.22. The Morgan fingerprint density at radius 2 is 1.11 bits per heavy atom. The van der Waals surface area contributed by atoms with E-state index in [9.17, 15) is 24.0 Å². The van der Waals surface area contributed by atoms with Gasteiger partial charge in [0.15, 0.2) is 16.7 Å². The van der Waals surface area contributed by atoms with Crippen molar-refractivity contribution in [3.63, 3.8) is 0 Å². The quantitative estimate of drug-likeness (QED) is 0.0658. The summed E-state index contributed by atoms with van der Waals surface area (Å²) in [6.45, 7) is 13.5. The van der Waals surface area contributed by atoms with Gasteiger partial charge < -0.3 is 25.7 Å². The first-order valence-electron chi connectivity index (χ1n) is 21.9. The summed E-state index contributed by atoms with van der Waals surface area (Å²) in [4.78, 5) is 58.9. The summed E-state index contributed by atoms with van der Waals surface area (Å²) in [5, 5.41) is 23.4. The Labute approximate surface area is 418 Å². The van der Waals surface area contributed by atoms with E-state index in [0.29, 0.717) is 66.1 Å². The number of nitrogens with zero attached hydrogens (tertiary/aromatic N) is 3. The molecule has 1 N–H and O–H groups in total. The Morgan fingerprint density at radius 1 is 0.657 bits per heavy atom. The van der Waals surface area contributed by atoms with Crippen LogP contribution in [0.5, 0.6) is 0 Å². The van der Waals surface area contributed by atoms with E-state index in [-0.39, 0.29) is 84.0 Å². The molecular formula is C56H51N4O9W-. The molecule has 13 nitrogen and oxygen atoms in total. The fourth-order valence-corrected chi connectivity index (χ4v) is 8.92. The average Bonchev–Trinajstić information content (AvgIpc) is 4.09. The molecule has 6 aromatic carbocycles. The smallest absolute Gasteiger partial charge is 0.312 e. The molecule has 2 amide bonds. The number of Topliss-reactive ketones (excluding diaryl/α,β-unsaturated/α-hetero) is 2. The van der Waals surface area contributed by atoms with E-state index in [2.05, 4.69) is 40.5 Å². The first-order chi connectivity index (χ1) is 32.6. The van der Waals surface area contributed by atoms with Gasteiger partial charge in [-0.15, -0.1) is 0 Å². The molecule has 2 atom stereocenters. The van der Waals surface area contributed by atoms with E-state index in [1.54, 1.807) is 25.2 Å². The topological polar surface area (TPSA) is 185 Å². The molecule has 0 bridgehead atoms. The molecular weight excluding hydrogens is 1060 g/mol. The Bertz CT molecular complexity index is 3350. The normalized spacial score (nSPS) is 15.4. The number of nitrogens with one attached hydrogen (secondary N) is 1. The van der Waals surface area contributed by atoms with Crippen LogP contribution in [0.4, 0.5) is 0 Å². The van der Waals surface area contributed by atoms with Crippen LogP contribution in [-0.4, -0.2) is 51.4 Å². The molecule has 3 aromatic heterocycles. The number of imide groups is 1. The molecule has 1 aliphatic heterocycles. The van der Waals surface area contributed by atoms with Gasteiger partial charge in [-0.05, 0) is 105 Å². The van der Waals surface area contributed by atoms with Gasteiger partial charge in [0.25, 0.3) is 0 Å². The number of hydrogen-bond donors (Lipinski definition) is 1. The van der Waals surface area contributed by atoms with Crippen molar-refractivity contribution in [1.29, 1.82) is 0 Å². The zero-order valence-corrected chi connectivity index (χ0v) is 41.0. The summed E-state index contributed by atoms with van der Waals surface area (Å²) < 4.78 is 21.1. The van der Waals surface area contributed by atoms with Gasteiger partial charge in [0.05, 0.1) is 47.4 Å². The molecule has 2 fully saturated rings. The molecule has 1 aliphatic carbocycles. The number of ketones is 2. The predicted molar refractivity (Wildman–Crippen MR) is 270 cm³/mol. The first-order valence-corrected chi connectivity index (χ1v) is 21.9. The van der Waals surface area contributed by atoms with Crippen molar-refractivity contribution in [3.8, 4) is 0 Å². The summed E-state index contributed by atoms with van der Waals surface area (Å²) >= 11 is 0. The molecule has 14 heteroatoms. The summed E-state index contributed by atoms with van der Waals surface area (Å²) in [5.41, 5.74) is 6.97. The van der Waals surface area contributed by atoms with Crippen LogP contribution in [-0.2, 0) is 56.2 Å². The summed E-state index contributed by atoms with van der Waals surface area (Å²) in [6, 6.07) is 29.6. The number of amides is 2. The van der Waals surface area contributed by atoms with E-state index in [1.807, 2.05) is 91.0 Å². The maximum absolute atomic E-state index is 12.3. The number of carbonyl (C=O) groups is 5. The van der Waals surface area contributed by atoms with Gasteiger partial charge >= 0.3 is 5.97 Å². The zero-order chi connectivity index (χ0) is 46.8. The van der Waals surface area contributed by atoms with Gasteiger partial charge in [-0.1, -0.05) is 115 Å². The molecule has 70 heavy (non-hydrogen) atoms. The van der Waals surface area contributed by atoms with Gasteiger partial charge in [-0.3, -0.25) is 29.3 Å². The Kier molecular flexibility index (Phi) is 16.4. The number of benzene rings is 6. The molecule has 1 saturated carbocycles. The summed E-state index contributed by atoms with van der Waals surface area (Å²) in [5.74, 6) is -1.70. The number of esters is 1. The number of fused-ring (bicyclic) bond motifs is 9. The molecule has 2 aliphatic rings. The van der Waals surface area contributed by atoms with Crippen LogP contribution < -0.4 is 5.32 Å². The maximum Gasteiger partial charge on any atom is 0.312 e. The molecule has 1 saturated heterocycles. The van der Waals surface area contributed by atoms with Gasteiger partial charge in [-0.2, -0.15) is 0 Å². The molecule has 356 valence electrons. The van der Waals surface area contributed by atoms with Crippen molar-refractivity contribution in [2.75, 3.05) is 6.61 Å². The Morgan fingerprint density at radius 3 is 1.59 bits per heavy atom. The Hall–Kier alpha value is -7.63. The minimum Gasteiger partial charge on any atom is -0.466 e. The SMILES string of the molecule is C.C=Cc1ccc2c(ccc3onc(C4CCC(=O)CC4=O)c32)c1.C=Cc1ccc2c(ccc3onc(C4CCC(=O)NC4=O)c32)c1.C=Cc1ccc2c(ccc3onc(CC(=O)OCC)c32)c1.[CH3-].[W]. The summed E-state index contributed by atoms with van der Waals surface area (Å²) in [7, 11) is 0. The van der Waals surface area contributed by atoms with Crippen LogP contribution in [0.25, 0.3) is 83.5 Å². The van der Waals surface area contributed by atoms with Crippen molar-refractivity contribution in [2.45, 2.75) is 64.7 Å². The number of aromatic nitrogens is 3. The standard InChI is InChI=1S/C19H15NO3.C18H14N2O3.C17H15NO3.CH4.CH3.W/c1-2-11-3-6-14-12(9-11)4-8-17-18(14)19(20-23-17)15-7-5-13(21)10-16(15)22;1-2-10-3-5-12-11(9-10)4-7-14-16(12)17(20-23-14)13-6-8-15(21)19-18(13)22;1-3-11-5-7-13-12(9-11)6-8-15-17(13)14(18-21-15)10-16(19)20-4-2;;;/h2-4,6,8-9,15H,1,5,7,10H2;2-5,7,9,13H,1,6,8H2,(H,19,21,22);3,5-9H,1,4,10H2,2H3;1H4;1H3;/q;;;;-1;. The van der Waals surface area contributed by atoms with Crippen molar-refractivity contribution >= 4 is 113 Å². The van der Waals surface area contributed by atoms with Crippen LogP contribution in [0.2, 0.25) is 0 Å². The maximum atomic E-state index is 12.3. The van der Waals surface area contributed by atoms with E-state index in [1.165, 1.54) is 0 Å². The van der Waals surface area contributed by atoms with Crippen LogP contribution in [0.1, 0.15) is 92.1 Å². The van der Waals surface area contributed by atoms with Gasteiger partial charge in [0.1, 0.15) is 28.6 Å². The predicted octanol–water partition coefficient (Wildman–Crippen LogP) is 12.0. The fraction of sp³-hybridized carbons (Fsp3) is 0.196. The molecule has 0 radical (unpaired) electrons. The third-order valence-corrected chi connectivity index (χ3v) is 12.3. The average molecular weight is 1110 g/mol. The third kappa shape index (κ3) is 10.2. The van der Waals surface area contributed by atoms with E-state index in [0.717, 1.165) is 65.2 Å². The Balaban J connectivity index is 0.000000169. The van der Waals surface area contributed by atoms with Gasteiger partial charge in [0.2, 0.25) is 11.8 Å². The van der Waals surface area contributed by atoms with Crippen molar-refractivity contribution in [3.05, 3.63) is 152 Å². The number of ether oxygens (including phenoxy) is 1. The van der Waals surface area contributed by atoms with E-state index >= 15 is 0 Å². The third-order valence-electron chi connectivity index (χ3n) is 12.3. The minimum atomic E-state index is -0.460. The van der Waals surface area contributed by atoms with Crippen molar-refractivity contribution in [2.24, 2.45) is 0 Å². The molecule has 0 spiro atoms. The van der Waals surface area contributed by atoms with Crippen molar-refractivity contribution in [1.82, 2.24) is 20.8 Å². The fourth-order valence-electron chi connectivity index (χ4n) is 8.92. The van der Waals surface area contributed by atoms with E-state index in [4.69, 9.17) is 18.3 Å². The second kappa shape index (κ2) is 22.2. The van der Waals surface area contributed by atoms with Crippen LogP contribution in [0.3, 0.4) is 0 Å². The minimum absolute atomic E-state index is 0. The van der Waals surface area contributed by atoms with Crippen LogP contribution in [0, 0.1) is 7.43 Å². The number of rotatable bonds is 8.